The van der Waals surface area contributed by atoms with Gasteiger partial charge in [-0.25, -0.2) is 0 Å². The Morgan fingerprint density at radius 3 is 2.33 bits per heavy atom. The predicted molar refractivity (Wildman–Crippen MR) is 109 cm³/mol. The van der Waals surface area contributed by atoms with E-state index < -0.39 is 17.7 Å². The van der Waals surface area contributed by atoms with Gasteiger partial charge in [-0.1, -0.05) is 12.1 Å². The molecular weight excluding hydrogens is 386 g/mol. The standard InChI is InChI=1S/C23H19NO6/c1-28-15-11-9-14(10-12-15)24-20(18-8-5-13-30-18)19(22(26)23(24)27)21(25)16-6-3-4-7-17(16)29-2/h3-13,20,25H,1-2H3/b21-19-. The highest BCUT2D eigenvalue weighted by atomic mass is 16.5. The quantitative estimate of drug-likeness (QED) is 0.393. The second-order valence-corrected chi connectivity index (χ2v) is 6.58. The molecule has 0 spiro atoms. The highest BCUT2D eigenvalue weighted by Gasteiger charge is 2.48. The van der Waals surface area contributed by atoms with E-state index in [2.05, 4.69) is 0 Å². The number of para-hydroxylation sites is 1. The first-order chi connectivity index (χ1) is 14.6. The molecular formula is C23H19NO6. The van der Waals surface area contributed by atoms with Gasteiger partial charge in [0.25, 0.3) is 11.7 Å². The smallest absolute Gasteiger partial charge is 0.300 e. The SMILES string of the molecule is COc1ccc(N2C(=O)C(=O)/C(=C(\O)c3ccccc3OC)C2c2ccco2)cc1. The number of carbonyl (C=O) groups excluding carboxylic acids is 2. The Bertz CT molecular complexity index is 1110. The molecule has 2 heterocycles. The number of ketones is 1. The number of hydrogen-bond acceptors (Lipinski definition) is 6. The Labute approximate surface area is 172 Å². The van der Waals surface area contributed by atoms with E-state index in [1.807, 2.05) is 0 Å². The lowest BCUT2D eigenvalue weighted by molar-refractivity contribution is -0.132. The van der Waals surface area contributed by atoms with Crippen molar-refractivity contribution in [3.05, 3.63) is 83.8 Å². The zero-order valence-electron chi connectivity index (χ0n) is 16.4. The van der Waals surface area contributed by atoms with Gasteiger partial charge in [-0.3, -0.25) is 14.5 Å². The highest BCUT2D eigenvalue weighted by Crippen LogP contribution is 2.43. The number of methoxy groups -OCH3 is 2. The monoisotopic (exact) mass is 405 g/mol. The number of Topliss-reactive ketones (excluding diaryl/α,β-unsaturated/α-hetero) is 1. The Hall–Kier alpha value is -4.00. The first kappa shape index (κ1) is 19.3. The number of aliphatic hydroxyl groups is 1. The molecule has 30 heavy (non-hydrogen) atoms. The van der Waals surface area contributed by atoms with Crippen LogP contribution in [0.4, 0.5) is 5.69 Å². The van der Waals surface area contributed by atoms with Crippen LogP contribution in [-0.4, -0.2) is 31.0 Å². The second kappa shape index (κ2) is 7.79. The molecule has 1 aliphatic heterocycles. The van der Waals surface area contributed by atoms with Gasteiger partial charge in [0, 0.05) is 5.69 Å². The molecule has 3 aromatic rings. The summed E-state index contributed by atoms with van der Waals surface area (Å²) in [6.07, 6.45) is 1.45. The van der Waals surface area contributed by atoms with E-state index in [4.69, 9.17) is 13.9 Å². The second-order valence-electron chi connectivity index (χ2n) is 6.58. The summed E-state index contributed by atoms with van der Waals surface area (Å²) in [7, 11) is 3.00. The highest BCUT2D eigenvalue weighted by molar-refractivity contribution is 6.51. The van der Waals surface area contributed by atoms with Crippen molar-refractivity contribution in [1.82, 2.24) is 0 Å². The summed E-state index contributed by atoms with van der Waals surface area (Å²) in [5, 5.41) is 11.1. The number of ether oxygens (including phenoxy) is 2. The Morgan fingerprint density at radius 1 is 0.967 bits per heavy atom. The average Bonchev–Trinajstić information content (AvgIpc) is 3.40. The predicted octanol–water partition coefficient (Wildman–Crippen LogP) is 3.92. The van der Waals surface area contributed by atoms with Gasteiger partial charge < -0.3 is 19.0 Å². The molecule has 0 radical (unpaired) electrons. The maximum atomic E-state index is 13.0. The molecule has 1 N–H and O–H groups in total. The molecule has 1 saturated heterocycles. The summed E-state index contributed by atoms with van der Waals surface area (Å²) in [6.45, 7) is 0. The number of amides is 1. The Morgan fingerprint density at radius 2 is 1.70 bits per heavy atom. The normalized spacial score (nSPS) is 17.9. The minimum Gasteiger partial charge on any atom is -0.507 e. The summed E-state index contributed by atoms with van der Waals surface area (Å²) >= 11 is 0. The molecule has 1 atom stereocenters. The first-order valence-electron chi connectivity index (χ1n) is 9.18. The number of hydrogen-bond donors (Lipinski definition) is 1. The third kappa shape index (κ3) is 3.10. The van der Waals surface area contributed by atoms with E-state index in [0.29, 0.717) is 28.5 Å². The molecule has 1 aliphatic rings. The maximum absolute atomic E-state index is 13.0. The van der Waals surface area contributed by atoms with Gasteiger partial charge in [-0.15, -0.1) is 0 Å². The van der Waals surface area contributed by atoms with E-state index in [-0.39, 0.29) is 11.3 Å². The van der Waals surface area contributed by atoms with Crippen molar-refractivity contribution in [1.29, 1.82) is 0 Å². The number of benzene rings is 2. The van der Waals surface area contributed by atoms with E-state index in [1.54, 1.807) is 60.7 Å². The average molecular weight is 405 g/mol. The largest absolute Gasteiger partial charge is 0.507 e. The number of aliphatic hydroxyl groups excluding tert-OH is 1. The molecule has 7 heteroatoms. The van der Waals surface area contributed by atoms with Crippen molar-refractivity contribution < 1.29 is 28.6 Å². The summed E-state index contributed by atoms with van der Waals surface area (Å²) in [5.41, 5.74) is 0.706. The molecule has 0 saturated carbocycles. The number of rotatable bonds is 5. The topological polar surface area (TPSA) is 89.2 Å². The van der Waals surface area contributed by atoms with Gasteiger partial charge in [0.1, 0.15) is 29.1 Å². The van der Waals surface area contributed by atoms with E-state index in [9.17, 15) is 14.7 Å². The summed E-state index contributed by atoms with van der Waals surface area (Å²) in [4.78, 5) is 27.3. The lowest BCUT2D eigenvalue weighted by Gasteiger charge is -2.23. The minimum absolute atomic E-state index is 0.0738. The molecule has 0 aliphatic carbocycles. The van der Waals surface area contributed by atoms with Crippen molar-refractivity contribution in [3.8, 4) is 11.5 Å². The van der Waals surface area contributed by atoms with Crippen LogP contribution in [0.15, 0.2) is 76.9 Å². The van der Waals surface area contributed by atoms with Crippen LogP contribution in [0.3, 0.4) is 0 Å². The van der Waals surface area contributed by atoms with Crippen molar-refractivity contribution >= 4 is 23.1 Å². The third-order valence-corrected chi connectivity index (χ3v) is 4.97. The van der Waals surface area contributed by atoms with Gasteiger partial charge in [0.15, 0.2) is 0 Å². The van der Waals surface area contributed by atoms with Crippen LogP contribution in [0.5, 0.6) is 11.5 Å². The van der Waals surface area contributed by atoms with Crippen molar-refractivity contribution in [2.24, 2.45) is 0 Å². The molecule has 2 aromatic carbocycles. The van der Waals surface area contributed by atoms with Gasteiger partial charge in [-0.2, -0.15) is 0 Å². The lowest BCUT2D eigenvalue weighted by atomic mass is 9.98. The lowest BCUT2D eigenvalue weighted by Crippen LogP contribution is -2.29. The molecule has 4 rings (SSSR count). The van der Waals surface area contributed by atoms with Crippen LogP contribution in [0, 0.1) is 0 Å². The molecule has 7 nitrogen and oxygen atoms in total. The van der Waals surface area contributed by atoms with Gasteiger partial charge in [0.05, 0.1) is 31.6 Å². The minimum atomic E-state index is -0.932. The van der Waals surface area contributed by atoms with Crippen LogP contribution in [0.2, 0.25) is 0 Å². The van der Waals surface area contributed by atoms with E-state index >= 15 is 0 Å². The van der Waals surface area contributed by atoms with Crippen molar-refractivity contribution in [2.75, 3.05) is 19.1 Å². The number of furan rings is 1. The summed E-state index contributed by atoms with van der Waals surface area (Å²) in [6, 6.07) is 15.8. The molecule has 1 unspecified atom stereocenters. The van der Waals surface area contributed by atoms with E-state index in [1.165, 1.54) is 25.4 Å². The maximum Gasteiger partial charge on any atom is 0.300 e. The van der Waals surface area contributed by atoms with Gasteiger partial charge >= 0.3 is 0 Å². The fraction of sp³-hybridized carbons (Fsp3) is 0.130. The fourth-order valence-electron chi connectivity index (χ4n) is 3.54. The zero-order chi connectivity index (χ0) is 21.3. The van der Waals surface area contributed by atoms with Gasteiger partial charge in [0.2, 0.25) is 0 Å². The Balaban J connectivity index is 1.91. The molecule has 152 valence electrons. The molecule has 1 amide bonds. The third-order valence-electron chi connectivity index (χ3n) is 4.97. The summed E-state index contributed by atoms with van der Waals surface area (Å²) < 4.78 is 16.0. The van der Waals surface area contributed by atoms with Crippen LogP contribution in [0.1, 0.15) is 17.4 Å². The summed E-state index contributed by atoms with van der Waals surface area (Å²) in [5.74, 6) is -0.568. The van der Waals surface area contributed by atoms with Crippen LogP contribution in [-0.2, 0) is 9.59 Å². The van der Waals surface area contributed by atoms with E-state index in [0.717, 1.165) is 0 Å². The number of nitrogens with zero attached hydrogens (tertiary/aromatic N) is 1. The molecule has 1 fully saturated rings. The van der Waals surface area contributed by atoms with Gasteiger partial charge in [-0.05, 0) is 48.5 Å². The number of anilines is 1. The molecule has 1 aromatic heterocycles. The molecule has 0 bridgehead atoms. The zero-order valence-corrected chi connectivity index (χ0v) is 16.4. The fourth-order valence-corrected chi connectivity index (χ4v) is 3.54. The van der Waals surface area contributed by atoms with Crippen molar-refractivity contribution in [2.45, 2.75) is 6.04 Å². The Kier molecular flexibility index (Phi) is 5.02. The van der Waals surface area contributed by atoms with Crippen molar-refractivity contribution in [3.63, 3.8) is 0 Å². The van der Waals surface area contributed by atoms with Crippen LogP contribution < -0.4 is 14.4 Å². The van der Waals surface area contributed by atoms with Crippen LogP contribution in [0.25, 0.3) is 5.76 Å². The number of carbonyl (C=O) groups is 2. The van der Waals surface area contributed by atoms with Crippen LogP contribution >= 0.6 is 0 Å². The first-order valence-corrected chi connectivity index (χ1v) is 9.18.